The molecule has 0 aromatic carbocycles. The van der Waals surface area contributed by atoms with Crippen molar-refractivity contribution >= 4 is 0 Å². The van der Waals surface area contributed by atoms with Gasteiger partial charge in [0, 0.05) is 11.8 Å². The number of hydrogen-bond donors (Lipinski definition) is 1. The quantitative estimate of drug-likeness (QED) is 0.333. The molecule has 0 aromatic heterocycles. The van der Waals surface area contributed by atoms with Crippen LogP contribution in [0.4, 0.5) is 0 Å². The van der Waals surface area contributed by atoms with E-state index in [0.717, 1.165) is 19.1 Å². The largest absolute Gasteiger partial charge is 0.469 e. The van der Waals surface area contributed by atoms with Crippen molar-refractivity contribution in [3.8, 4) is 0 Å². The maximum Gasteiger partial charge on any atom is 0.469 e. The van der Waals surface area contributed by atoms with E-state index < -0.39 is 38.8 Å². The Morgan fingerprint density at radius 2 is 1.53 bits per heavy atom. The van der Waals surface area contributed by atoms with Crippen molar-refractivity contribution in [3.05, 3.63) is 42.5 Å². The summed E-state index contributed by atoms with van der Waals surface area (Å²) in [5.41, 5.74) is -4.26. The summed E-state index contributed by atoms with van der Waals surface area (Å²) < 4.78 is 0. The summed E-state index contributed by atoms with van der Waals surface area (Å²) in [6.07, 6.45) is 1.11. The van der Waals surface area contributed by atoms with Gasteiger partial charge in [-0.2, -0.15) is 0 Å². The second kappa shape index (κ2) is 4.41. The molecule has 0 heterocycles. The van der Waals surface area contributed by atoms with Gasteiger partial charge in [-0.3, -0.25) is 30.3 Å². The van der Waals surface area contributed by atoms with Crippen LogP contribution in [0.5, 0.6) is 0 Å². The Morgan fingerprint density at radius 1 is 1.06 bits per heavy atom. The maximum atomic E-state index is 10.7. The van der Waals surface area contributed by atoms with Crippen LogP contribution in [0.15, 0.2) is 12.2 Å². The van der Waals surface area contributed by atoms with E-state index in [9.17, 15) is 30.3 Å². The van der Waals surface area contributed by atoms with E-state index in [1.54, 1.807) is 0 Å². The fourth-order valence-electron chi connectivity index (χ4n) is 1.68. The summed E-state index contributed by atoms with van der Waals surface area (Å²) in [5.74, 6) is 0. The van der Waals surface area contributed by atoms with E-state index in [-0.39, 0.29) is 6.15 Å². The molecule has 0 saturated carbocycles. The van der Waals surface area contributed by atoms with Gasteiger partial charge in [0.2, 0.25) is 0 Å². The number of hydrogen-bond acceptors (Lipinski definition) is 7. The minimum absolute atomic E-state index is 0. The minimum atomic E-state index is -2.49. The van der Waals surface area contributed by atoms with Crippen LogP contribution in [0.1, 0.15) is 19.8 Å². The van der Waals surface area contributed by atoms with Gasteiger partial charge in [-0.05, 0) is 6.08 Å². The third-order valence-electron chi connectivity index (χ3n) is 2.66. The molecule has 0 aliphatic heterocycles. The Balaban J connectivity index is 0.00000256. The molecule has 0 radical (unpaired) electrons. The van der Waals surface area contributed by atoms with Gasteiger partial charge in [-0.15, -0.1) is 0 Å². The topological polar surface area (TPSA) is 164 Å². The van der Waals surface area contributed by atoms with Crippen molar-refractivity contribution in [2.45, 2.75) is 31.0 Å². The van der Waals surface area contributed by atoms with Crippen LogP contribution in [0.3, 0.4) is 0 Å². The lowest BCUT2D eigenvalue weighted by molar-refractivity contribution is -0.804. The van der Waals surface area contributed by atoms with Gasteiger partial charge in [-0.1, -0.05) is 6.08 Å². The summed E-state index contributed by atoms with van der Waals surface area (Å²) >= 11 is 0. The fourth-order valence-corrected chi connectivity index (χ4v) is 1.68. The van der Waals surface area contributed by atoms with Gasteiger partial charge >= 0.3 is 5.66 Å². The van der Waals surface area contributed by atoms with Crippen LogP contribution in [-0.2, 0) is 0 Å². The highest BCUT2D eigenvalue weighted by Crippen LogP contribution is 2.35. The van der Waals surface area contributed by atoms with Gasteiger partial charge in [0.05, 0.1) is 9.85 Å². The van der Waals surface area contributed by atoms with Crippen LogP contribution in [0, 0.1) is 30.3 Å². The second-order valence-corrected chi connectivity index (χ2v) is 3.89. The molecule has 1 aliphatic rings. The monoisotopic (exact) mass is 248 g/mol. The van der Waals surface area contributed by atoms with Crippen molar-refractivity contribution in [2.24, 2.45) is 0 Å². The zero-order valence-corrected chi connectivity index (χ0v) is 9.07. The lowest BCUT2D eigenvalue weighted by Crippen LogP contribution is -2.54. The van der Waals surface area contributed by atoms with Crippen LogP contribution >= 0.6 is 0 Å². The number of nitrogens with zero attached hydrogens (tertiary/aromatic N) is 3. The highest BCUT2D eigenvalue weighted by molar-refractivity contribution is 5.07. The van der Waals surface area contributed by atoms with E-state index in [2.05, 4.69) is 0 Å². The summed E-state index contributed by atoms with van der Waals surface area (Å²) in [4.78, 5) is 29.3. The predicted molar refractivity (Wildman–Crippen MR) is 55.5 cm³/mol. The van der Waals surface area contributed by atoms with E-state index in [1.165, 1.54) is 0 Å². The third-order valence-corrected chi connectivity index (χ3v) is 2.66. The first-order valence-corrected chi connectivity index (χ1v) is 4.36. The lowest BCUT2D eigenvalue weighted by atomic mass is 9.82. The van der Waals surface area contributed by atoms with Crippen LogP contribution < -0.4 is 6.15 Å². The average Bonchev–Trinajstić information content (AvgIpc) is 2.16. The van der Waals surface area contributed by atoms with E-state index in [0.29, 0.717) is 0 Å². The third kappa shape index (κ3) is 2.20. The van der Waals surface area contributed by atoms with Crippen molar-refractivity contribution in [2.75, 3.05) is 0 Å². The highest BCUT2D eigenvalue weighted by atomic mass is 16.7. The summed E-state index contributed by atoms with van der Waals surface area (Å²) in [5, 5.41) is 32.2. The van der Waals surface area contributed by atoms with Crippen LogP contribution in [0.25, 0.3) is 0 Å². The summed E-state index contributed by atoms with van der Waals surface area (Å²) in [6.45, 7) is 1.13. The zero-order chi connectivity index (χ0) is 12.6. The van der Waals surface area contributed by atoms with Crippen LogP contribution in [0.2, 0.25) is 0 Å². The van der Waals surface area contributed by atoms with Gasteiger partial charge < -0.3 is 6.15 Å². The molecule has 17 heavy (non-hydrogen) atoms. The molecule has 0 bridgehead atoms. The highest BCUT2D eigenvalue weighted by Gasteiger charge is 2.64. The predicted octanol–water partition coefficient (Wildman–Crippen LogP) is 0.783. The first kappa shape index (κ1) is 14.9. The van der Waals surface area contributed by atoms with Crippen LogP contribution in [-0.4, -0.2) is 26.0 Å². The van der Waals surface area contributed by atoms with Crippen molar-refractivity contribution in [1.82, 2.24) is 6.15 Å². The average molecular weight is 248 g/mol. The second-order valence-electron chi connectivity index (χ2n) is 3.89. The zero-order valence-electron chi connectivity index (χ0n) is 9.07. The van der Waals surface area contributed by atoms with Gasteiger partial charge in [0.25, 0.3) is 5.54 Å². The SMILES string of the molecule is CC1([N+](=O)[O-])C=CCC([N+](=O)[O-])([N+](=O)[O-])C1.N. The first-order chi connectivity index (χ1) is 7.24. The van der Waals surface area contributed by atoms with Crippen molar-refractivity contribution < 1.29 is 14.8 Å². The van der Waals surface area contributed by atoms with Crippen molar-refractivity contribution in [1.29, 1.82) is 0 Å². The van der Waals surface area contributed by atoms with Gasteiger partial charge in [-0.25, -0.2) is 0 Å². The summed E-state index contributed by atoms with van der Waals surface area (Å²) in [6, 6.07) is 0. The molecule has 10 heteroatoms. The Labute approximate surface area is 95.3 Å². The molecular weight excluding hydrogens is 236 g/mol. The minimum Gasteiger partial charge on any atom is -0.344 e. The molecule has 10 nitrogen and oxygen atoms in total. The Hall–Kier alpha value is -2.10. The molecule has 1 unspecified atom stereocenters. The smallest absolute Gasteiger partial charge is 0.344 e. The van der Waals surface area contributed by atoms with E-state index in [1.807, 2.05) is 0 Å². The standard InChI is InChI=1S/C7H9N3O6.H3N/c1-6(8(11)12)3-2-4-7(5-6,9(13)14)10(15)16;/h2-3H,4-5H2,1H3;1H3. The molecule has 3 N–H and O–H groups in total. The first-order valence-electron chi connectivity index (χ1n) is 4.36. The molecule has 0 amide bonds. The van der Waals surface area contributed by atoms with E-state index >= 15 is 0 Å². The lowest BCUT2D eigenvalue weighted by Gasteiger charge is -2.25. The molecule has 0 saturated heterocycles. The molecule has 1 atom stereocenters. The Morgan fingerprint density at radius 3 is 1.88 bits per heavy atom. The van der Waals surface area contributed by atoms with E-state index in [4.69, 9.17) is 0 Å². The number of rotatable bonds is 3. The molecule has 0 fully saturated rings. The molecule has 0 aromatic rings. The number of nitro groups is 3. The maximum absolute atomic E-state index is 10.7. The molecule has 0 spiro atoms. The molecule has 1 aliphatic carbocycles. The molecule has 96 valence electrons. The normalized spacial score (nSPS) is 25.7. The van der Waals surface area contributed by atoms with Gasteiger partial charge in [0.1, 0.15) is 6.42 Å². The molecule has 1 rings (SSSR count). The van der Waals surface area contributed by atoms with Gasteiger partial charge in [0.15, 0.2) is 6.42 Å². The summed E-state index contributed by atoms with van der Waals surface area (Å²) in [7, 11) is 0. The van der Waals surface area contributed by atoms with Crippen molar-refractivity contribution in [3.63, 3.8) is 0 Å². The Bertz CT molecular complexity index is 380. The Kier molecular flexibility index (Phi) is 3.87. The molecular formula is C7H12N4O6. The fraction of sp³-hybridized carbons (Fsp3) is 0.714.